The fraction of sp³-hybridized carbons (Fsp3) is 0.222. The van der Waals surface area contributed by atoms with E-state index < -0.39 is 17.4 Å². The summed E-state index contributed by atoms with van der Waals surface area (Å²) in [6.45, 7) is 3.50. The number of benzene rings is 2. The van der Waals surface area contributed by atoms with Crippen LogP contribution in [0.25, 0.3) is 0 Å². The standard InChI is InChI=1S/C18H18O4/c1-18(2,14-7-5-4-6-8-14)22-17(20)16(19)13-9-11-15(21-3)12-10-13/h4-12H,1-3H3. The van der Waals surface area contributed by atoms with Crippen molar-refractivity contribution in [1.82, 2.24) is 0 Å². The van der Waals surface area contributed by atoms with Crippen LogP contribution in [0.5, 0.6) is 5.75 Å². The predicted octanol–water partition coefficient (Wildman–Crippen LogP) is 3.36. The summed E-state index contributed by atoms with van der Waals surface area (Å²) in [5.74, 6) is -0.930. The summed E-state index contributed by atoms with van der Waals surface area (Å²) < 4.78 is 10.4. The number of carbonyl (C=O) groups is 2. The van der Waals surface area contributed by atoms with Gasteiger partial charge in [0.2, 0.25) is 0 Å². The van der Waals surface area contributed by atoms with E-state index in [0.29, 0.717) is 5.75 Å². The SMILES string of the molecule is COc1ccc(C(=O)C(=O)OC(C)(C)c2ccccc2)cc1. The van der Waals surface area contributed by atoms with Crippen LogP contribution in [0.4, 0.5) is 0 Å². The molecule has 0 aliphatic rings. The normalized spacial score (nSPS) is 10.9. The van der Waals surface area contributed by atoms with Gasteiger partial charge < -0.3 is 9.47 Å². The Morgan fingerprint density at radius 3 is 2.05 bits per heavy atom. The molecule has 2 aromatic carbocycles. The minimum absolute atomic E-state index is 0.273. The highest BCUT2D eigenvalue weighted by atomic mass is 16.6. The molecule has 0 heterocycles. The van der Waals surface area contributed by atoms with Crippen molar-refractivity contribution >= 4 is 11.8 Å². The van der Waals surface area contributed by atoms with Crippen LogP contribution in [0, 0.1) is 0 Å². The summed E-state index contributed by atoms with van der Waals surface area (Å²) in [5.41, 5.74) is 0.223. The molecule has 2 rings (SSSR count). The van der Waals surface area contributed by atoms with Crippen molar-refractivity contribution in [3.05, 3.63) is 65.7 Å². The highest BCUT2D eigenvalue weighted by Crippen LogP contribution is 2.25. The molecule has 0 aliphatic carbocycles. The third-order valence-corrected chi connectivity index (χ3v) is 3.35. The zero-order valence-corrected chi connectivity index (χ0v) is 12.8. The van der Waals surface area contributed by atoms with E-state index in [1.165, 1.54) is 19.2 Å². The van der Waals surface area contributed by atoms with Crippen LogP contribution in [0.1, 0.15) is 29.8 Å². The second-order valence-electron chi connectivity index (χ2n) is 5.32. The van der Waals surface area contributed by atoms with Gasteiger partial charge in [0.1, 0.15) is 11.4 Å². The zero-order chi connectivity index (χ0) is 16.2. The van der Waals surface area contributed by atoms with Crippen LogP contribution in [0.2, 0.25) is 0 Å². The largest absolute Gasteiger partial charge is 0.497 e. The van der Waals surface area contributed by atoms with Crippen LogP contribution >= 0.6 is 0 Å². The van der Waals surface area contributed by atoms with E-state index in [2.05, 4.69) is 0 Å². The summed E-state index contributed by atoms with van der Waals surface area (Å²) in [6, 6.07) is 15.6. The minimum atomic E-state index is -0.876. The van der Waals surface area contributed by atoms with Crippen molar-refractivity contribution < 1.29 is 19.1 Å². The molecule has 114 valence electrons. The van der Waals surface area contributed by atoms with Gasteiger partial charge in [0.15, 0.2) is 0 Å². The van der Waals surface area contributed by atoms with Gasteiger partial charge in [-0.15, -0.1) is 0 Å². The lowest BCUT2D eigenvalue weighted by Crippen LogP contribution is -2.29. The molecule has 0 radical (unpaired) electrons. The van der Waals surface area contributed by atoms with E-state index in [4.69, 9.17) is 9.47 Å². The average molecular weight is 298 g/mol. The van der Waals surface area contributed by atoms with Crippen LogP contribution < -0.4 is 4.74 Å². The van der Waals surface area contributed by atoms with E-state index in [1.807, 2.05) is 30.3 Å². The predicted molar refractivity (Wildman–Crippen MR) is 82.9 cm³/mol. The summed E-state index contributed by atoms with van der Waals surface area (Å²) in [4.78, 5) is 24.2. The maximum atomic E-state index is 12.1. The Morgan fingerprint density at radius 1 is 0.909 bits per heavy atom. The number of Topliss-reactive ketones (excluding diaryl/α,β-unsaturated/α-hetero) is 1. The lowest BCUT2D eigenvalue weighted by molar-refractivity contribution is -0.151. The van der Waals surface area contributed by atoms with E-state index in [9.17, 15) is 9.59 Å². The first kappa shape index (κ1) is 15.8. The second kappa shape index (κ2) is 6.43. The van der Waals surface area contributed by atoms with Gasteiger partial charge in [-0.3, -0.25) is 4.79 Å². The molecule has 0 atom stereocenters. The maximum Gasteiger partial charge on any atom is 0.380 e. The van der Waals surface area contributed by atoms with Crippen molar-refractivity contribution in [3.8, 4) is 5.75 Å². The van der Waals surface area contributed by atoms with Crippen LogP contribution in [0.3, 0.4) is 0 Å². The van der Waals surface area contributed by atoms with Gasteiger partial charge >= 0.3 is 5.97 Å². The summed E-state index contributed by atoms with van der Waals surface area (Å²) >= 11 is 0. The molecule has 0 aliphatic heterocycles. The van der Waals surface area contributed by atoms with Crippen molar-refractivity contribution in [3.63, 3.8) is 0 Å². The van der Waals surface area contributed by atoms with Crippen LogP contribution in [-0.2, 0) is 15.1 Å². The van der Waals surface area contributed by atoms with Crippen LogP contribution in [0.15, 0.2) is 54.6 Å². The molecule has 0 aromatic heterocycles. The van der Waals surface area contributed by atoms with E-state index >= 15 is 0 Å². The number of rotatable bonds is 5. The third-order valence-electron chi connectivity index (χ3n) is 3.35. The van der Waals surface area contributed by atoms with E-state index in [1.54, 1.807) is 26.0 Å². The van der Waals surface area contributed by atoms with Gasteiger partial charge in [0, 0.05) is 5.56 Å². The molecule has 0 saturated carbocycles. The fourth-order valence-corrected chi connectivity index (χ4v) is 2.04. The smallest absolute Gasteiger partial charge is 0.380 e. The molecule has 22 heavy (non-hydrogen) atoms. The Morgan fingerprint density at radius 2 is 1.50 bits per heavy atom. The number of hydrogen-bond donors (Lipinski definition) is 0. The van der Waals surface area contributed by atoms with Gasteiger partial charge in [-0.1, -0.05) is 30.3 Å². The van der Waals surface area contributed by atoms with Crippen molar-refractivity contribution in [2.45, 2.75) is 19.4 Å². The molecule has 0 spiro atoms. The lowest BCUT2D eigenvalue weighted by Gasteiger charge is -2.25. The molecular formula is C18H18O4. The maximum absolute atomic E-state index is 12.1. The molecule has 0 amide bonds. The van der Waals surface area contributed by atoms with Gasteiger partial charge in [0.25, 0.3) is 5.78 Å². The number of methoxy groups -OCH3 is 1. The number of ether oxygens (including phenoxy) is 2. The highest BCUT2D eigenvalue weighted by Gasteiger charge is 2.29. The molecule has 4 nitrogen and oxygen atoms in total. The molecule has 0 fully saturated rings. The lowest BCUT2D eigenvalue weighted by atomic mass is 9.98. The third kappa shape index (κ3) is 3.52. The average Bonchev–Trinajstić information content (AvgIpc) is 2.54. The summed E-state index contributed by atoms with van der Waals surface area (Å²) in [7, 11) is 1.54. The molecule has 0 N–H and O–H groups in total. The first-order valence-electron chi connectivity index (χ1n) is 6.91. The van der Waals surface area contributed by atoms with Crippen molar-refractivity contribution in [2.24, 2.45) is 0 Å². The Bertz CT molecular complexity index is 657. The number of carbonyl (C=O) groups excluding carboxylic acids is 2. The van der Waals surface area contributed by atoms with Crippen molar-refractivity contribution in [2.75, 3.05) is 7.11 Å². The molecule has 4 heteroatoms. The number of hydrogen-bond acceptors (Lipinski definition) is 4. The van der Waals surface area contributed by atoms with Gasteiger partial charge in [-0.05, 0) is 43.7 Å². The fourth-order valence-electron chi connectivity index (χ4n) is 2.04. The van der Waals surface area contributed by atoms with E-state index in [-0.39, 0.29) is 5.56 Å². The first-order valence-corrected chi connectivity index (χ1v) is 6.91. The van der Waals surface area contributed by atoms with Crippen molar-refractivity contribution in [1.29, 1.82) is 0 Å². The zero-order valence-electron chi connectivity index (χ0n) is 12.8. The molecule has 2 aromatic rings. The molecule has 0 saturated heterocycles. The topological polar surface area (TPSA) is 52.6 Å². The van der Waals surface area contributed by atoms with E-state index in [0.717, 1.165) is 5.56 Å². The van der Waals surface area contributed by atoms with Gasteiger partial charge in [0.05, 0.1) is 7.11 Å². The summed E-state index contributed by atoms with van der Waals surface area (Å²) in [6.07, 6.45) is 0. The Kier molecular flexibility index (Phi) is 4.61. The molecule has 0 unspecified atom stereocenters. The van der Waals surface area contributed by atoms with Gasteiger partial charge in [-0.2, -0.15) is 0 Å². The summed E-state index contributed by atoms with van der Waals surface area (Å²) in [5, 5.41) is 0. The van der Waals surface area contributed by atoms with Gasteiger partial charge in [-0.25, -0.2) is 4.79 Å². The number of esters is 1. The molecule has 0 bridgehead atoms. The Hall–Kier alpha value is -2.62. The second-order valence-corrected chi connectivity index (χ2v) is 5.32. The Labute approximate surface area is 129 Å². The highest BCUT2D eigenvalue weighted by molar-refractivity contribution is 6.40. The monoisotopic (exact) mass is 298 g/mol. The Balaban J connectivity index is 2.12. The number of ketones is 1. The quantitative estimate of drug-likeness (QED) is 0.482. The van der Waals surface area contributed by atoms with Crippen LogP contribution in [-0.4, -0.2) is 18.9 Å². The molecular weight excluding hydrogens is 280 g/mol. The first-order chi connectivity index (χ1) is 10.4. The minimum Gasteiger partial charge on any atom is -0.497 e.